The van der Waals surface area contributed by atoms with Crippen LogP contribution in [0.1, 0.15) is 32.6 Å². The SMILES string of the molecule is CCCOCCC(=O)N(CC(=O)O)C1CC1. The number of hydrogen-bond acceptors (Lipinski definition) is 3. The molecular weight excluding hydrogens is 210 g/mol. The van der Waals surface area contributed by atoms with Gasteiger partial charge in [-0.2, -0.15) is 0 Å². The van der Waals surface area contributed by atoms with E-state index in [0.29, 0.717) is 13.2 Å². The van der Waals surface area contributed by atoms with Gasteiger partial charge in [-0.3, -0.25) is 9.59 Å². The summed E-state index contributed by atoms with van der Waals surface area (Å²) in [6.07, 6.45) is 3.06. The Morgan fingerprint density at radius 3 is 2.56 bits per heavy atom. The van der Waals surface area contributed by atoms with Crippen LogP contribution >= 0.6 is 0 Å². The zero-order valence-electron chi connectivity index (χ0n) is 9.65. The third-order valence-corrected chi connectivity index (χ3v) is 2.42. The number of carbonyl (C=O) groups excluding carboxylic acids is 1. The average molecular weight is 229 g/mol. The number of hydrogen-bond donors (Lipinski definition) is 1. The molecule has 1 amide bonds. The van der Waals surface area contributed by atoms with Crippen LogP contribution in [0.3, 0.4) is 0 Å². The molecule has 16 heavy (non-hydrogen) atoms. The van der Waals surface area contributed by atoms with E-state index in [-0.39, 0.29) is 24.9 Å². The van der Waals surface area contributed by atoms with E-state index in [1.165, 1.54) is 4.90 Å². The van der Waals surface area contributed by atoms with Crippen molar-refractivity contribution >= 4 is 11.9 Å². The Morgan fingerprint density at radius 2 is 2.06 bits per heavy atom. The molecule has 0 bridgehead atoms. The lowest BCUT2D eigenvalue weighted by molar-refractivity contribution is -0.145. The standard InChI is InChI=1S/C11H19NO4/c1-2-6-16-7-5-10(13)12(8-11(14)15)9-3-4-9/h9H,2-8H2,1H3,(H,14,15). The predicted octanol–water partition coefficient (Wildman–Crippen LogP) is 0.879. The fourth-order valence-corrected chi connectivity index (χ4v) is 1.50. The van der Waals surface area contributed by atoms with E-state index in [4.69, 9.17) is 9.84 Å². The molecule has 0 heterocycles. The fraction of sp³-hybridized carbons (Fsp3) is 0.818. The van der Waals surface area contributed by atoms with Gasteiger partial charge in [0.15, 0.2) is 0 Å². The van der Waals surface area contributed by atoms with Crippen molar-refractivity contribution in [2.45, 2.75) is 38.6 Å². The van der Waals surface area contributed by atoms with Crippen molar-refractivity contribution in [2.24, 2.45) is 0 Å². The maximum absolute atomic E-state index is 11.7. The molecule has 1 aliphatic rings. The van der Waals surface area contributed by atoms with Crippen LogP contribution in [-0.4, -0.2) is 47.7 Å². The van der Waals surface area contributed by atoms with Gasteiger partial charge < -0.3 is 14.7 Å². The summed E-state index contributed by atoms with van der Waals surface area (Å²) in [5, 5.41) is 8.69. The number of nitrogens with zero attached hydrogens (tertiary/aromatic N) is 1. The van der Waals surface area contributed by atoms with Crippen LogP contribution in [0, 0.1) is 0 Å². The minimum Gasteiger partial charge on any atom is -0.480 e. The highest BCUT2D eigenvalue weighted by atomic mass is 16.5. The Balaban J connectivity index is 2.27. The van der Waals surface area contributed by atoms with E-state index in [9.17, 15) is 9.59 Å². The molecular formula is C11H19NO4. The van der Waals surface area contributed by atoms with Crippen LogP contribution in [-0.2, 0) is 14.3 Å². The van der Waals surface area contributed by atoms with E-state index in [2.05, 4.69) is 0 Å². The molecule has 5 nitrogen and oxygen atoms in total. The van der Waals surface area contributed by atoms with Gasteiger partial charge in [-0.1, -0.05) is 6.92 Å². The molecule has 0 saturated heterocycles. The number of carboxylic acid groups (broad SMARTS) is 1. The molecule has 0 aromatic heterocycles. The van der Waals surface area contributed by atoms with E-state index in [0.717, 1.165) is 19.3 Å². The minimum atomic E-state index is -0.949. The molecule has 1 fully saturated rings. The van der Waals surface area contributed by atoms with Crippen molar-refractivity contribution in [3.8, 4) is 0 Å². The lowest BCUT2D eigenvalue weighted by Gasteiger charge is -2.20. The zero-order valence-corrected chi connectivity index (χ0v) is 9.65. The molecule has 0 aliphatic heterocycles. The topological polar surface area (TPSA) is 66.8 Å². The van der Waals surface area contributed by atoms with Crippen LogP contribution in [0.4, 0.5) is 0 Å². The van der Waals surface area contributed by atoms with E-state index < -0.39 is 5.97 Å². The van der Waals surface area contributed by atoms with Gasteiger partial charge in [0, 0.05) is 12.6 Å². The summed E-state index contributed by atoms with van der Waals surface area (Å²) in [6, 6.07) is 0.148. The van der Waals surface area contributed by atoms with E-state index in [1.807, 2.05) is 6.92 Å². The summed E-state index contributed by atoms with van der Waals surface area (Å²) in [5.41, 5.74) is 0. The molecule has 1 rings (SSSR count). The Morgan fingerprint density at radius 1 is 1.38 bits per heavy atom. The third kappa shape index (κ3) is 4.61. The molecule has 1 saturated carbocycles. The number of aliphatic carboxylic acids is 1. The Bertz CT molecular complexity index is 250. The predicted molar refractivity (Wildman–Crippen MR) is 58.1 cm³/mol. The Kier molecular flexibility index (Phi) is 5.25. The summed E-state index contributed by atoms with van der Waals surface area (Å²) in [5.74, 6) is -1.06. The molecule has 0 unspecified atom stereocenters. The maximum Gasteiger partial charge on any atom is 0.323 e. The number of carboxylic acids is 1. The van der Waals surface area contributed by atoms with Crippen LogP contribution in [0.5, 0.6) is 0 Å². The second kappa shape index (κ2) is 6.48. The first-order valence-corrected chi connectivity index (χ1v) is 5.74. The highest BCUT2D eigenvalue weighted by Crippen LogP contribution is 2.27. The number of carbonyl (C=O) groups is 2. The third-order valence-electron chi connectivity index (χ3n) is 2.42. The van der Waals surface area contributed by atoms with Crippen LogP contribution in [0.25, 0.3) is 0 Å². The van der Waals surface area contributed by atoms with Crippen LogP contribution < -0.4 is 0 Å². The minimum absolute atomic E-state index is 0.110. The monoisotopic (exact) mass is 229 g/mol. The maximum atomic E-state index is 11.7. The second-order valence-electron chi connectivity index (χ2n) is 4.01. The normalized spacial score (nSPS) is 14.8. The second-order valence-corrected chi connectivity index (χ2v) is 4.01. The first kappa shape index (κ1) is 13.0. The van der Waals surface area contributed by atoms with Gasteiger partial charge >= 0.3 is 5.97 Å². The van der Waals surface area contributed by atoms with Crippen molar-refractivity contribution in [2.75, 3.05) is 19.8 Å². The molecule has 0 spiro atoms. The van der Waals surface area contributed by atoms with Gasteiger partial charge in [0.05, 0.1) is 13.0 Å². The summed E-state index contributed by atoms with van der Waals surface area (Å²) in [7, 11) is 0. The first-order chi connectivity index (χ1) is 7.65. The van der Waals surface area contributed by atoms with E-state index >= 15 is 0 Å². The van der Waals surface area contributed by atoms with Crippen molar-refractivity contribution in [1.29, 1.82) is 0 Å². The molecule has 0 aromatic rings. The summed E-state index contributed by atoms with van der Waals surface area (Å²) in [6.45, 7) is 2.85. The van der Waals surface area contributed by atoms with Crippen molar-refractivity contribution in [3.05, 3.63) is 0 Å². The summed E-state index contributed by atoms with van der Waals surface area (Å²) < 4.78 is 5.21. The molecule has 0 radical (unpaired) electrons. The van der Waals surface area contributed by atoms with Gasteiger partial charge in [-0.15, -0.1) is 0 Å². The molecule has 0 aromatic carbocycles. The lowest BCUT2D eigenvalue weighted by Crippen LogP contribution is -2.37. The quantitative estimate of drug-likeness (QED) is 0.627. The summed E-state index contributed by atoms with van der Waals surface area (Å²) in [4.78, 5) is 23.8. The van der Waals surface area contributed by atoms with Crippen LogP contribution in [0.15, 0.2) is 0 Å². The highest BCUT2D eigenvalue weighted by Gasteiger charge is 2.33. The van der Waals surface area contributed by atoms with Crippen molar-refractivity contribution in [3.63, 3.8) is 0 Å². The Hall–Kier alpha value is -1.10. The molecule has 5 heteroatoms. The van der Waals surface area contributed by atoms with Gasteiger partial charge in [0.2, 0.25) is 5.91 Å². The first-order valence-electron chi connectivity index (χ1n) is 5.74. The van der Waals surface area contributed by atoms with Gasteiger partial charge in [0.25, 0.3) is 0 Å². The Labute approximate surface area is 95.4 Å². The zero-order chi connectivity index (χ0) is 12.0. The average Bonchev–Trinajstić information content (AvgIpc) is 3.04. The largest absolute Gasteiger partial charge is 0.480 e. The van der Waals surface area contributed by atoms with Gasteiger partial charge in [-0.25, -0.2) is 0 Å². The molecule has 92 valence electrons. The van der Waals surface area contributed by atoms with Crippen LogP contribution in [0.2, 0.25) is 0 Å². The lowest BCUT2D eigenvalue weighted by atomic mass is 10.3. The smallest absolute Gasteiger partial charge is 0.323 e. The molecule has 1 aliphatic carbocycles. The van der Waals surface area contributed by atoms with Gasteiger partial charge in [-0.05, 0) is 19.3 Å². The molecule has 0 atom stereocenters. The number of rotatable bonds is 8. The molecule has 1 N–H and O–H groups in total. The van der Waals surface area contributed by atoms with Gasteiger partial charge in [0.1, 0.15) is 6.54 Å². The fourth-order valence-electron chi connectivity index (χ4n) is 1.50. The number of ether oxygens (including phenoxy) is 1. The van der Waals surface area contributed by atoms with Crippen molar-refractivity contribution < 1.29 is 19.4 Å². The number of amides is 1. The summed E-state index contributed by atoms with van der Waals surface area (Å²) >= 11 is 0. The van der Waals surface area contributed by atoms with Crippen molar-refractivity contribution in [1.82, 2.24) is 4.90 Å². The highest BCUT2D eigenvalue weighted by molar-refractivity contribution is 5.82. The van der Waals surface area contributed by atoms with E-state index in [1.54, 1.807) is 0 Å².